The fourth-order valence-electron chi connectivity index (χ4n) is 2.98. The van der Waals surface area contributed by atoms with Gasteiger partial charge in [-0.05, 0) is 50.3 Å². The Hall–Kier alpha value is -1.63. The average molecular weight is 268 g/mol. The van der Waals surface area contributed by atoms with Crippen molar-refractivity contribution < 1.29 is 4.57 Å². The van der Waals surface area contributed by atoms with E-state index in [0.29, 0.717) is 5.92 Å². The zero-order chi connectivity index (χ0) is 14.5. The van der Waals surface area contributed by atoms with Gasteiger partial charge in [0.25, 0.3) is 0 Å². The predicted molar refractivity (Wildman–Crippen MR) is 85.0 cm³/mol. The Balaban J connectivity index is 2.14. The Morgan fingerprint density at radius 1 is 0.900 bits per heavy atom. The van der Waals surface area contributed by atoms with Crippen LogP contribution >= 0.6 is 0 Å². The van der Waals surface area contributed by atoms with Crippen LogP contribution in [-0.4, -0.2) is 0 Å². The number of benzene rings is 1. The molecule has 0 spiro atoms. The van der Waals surface area contributed by atoms with Crippen molar-refractivity contribution in [3.05, 3.63) is 65.0 Å². The van der Waals surface area contributed by atoms with Gasteiger partial charge < -0.3 is 0 Å². The molecule has 1 heterocycles. The Morgan fingerprint density at radius 2 is 1.45 bits per heavy atom. The summed E-state index contributed by atoms with van der Waals surface area (Å²) in [5.41, 5.74) is 5.53. The fraction of sp³-hybridized carbons (Fsp3) is 0.421. The van der Waals surface area contributed by atoms with Gasteiger partial charge in [-0.15, -0.1) is 0 Å². The van der Waals surface area contributed by atoms with Crippen molar-refractivity contribution in [2.45, 2.75) is 53.0 Å². The minimum atomic E-state index is 0.700. The number of hydrogen-bond acceptors (Lipinski definition) is 0. The molecule has 0 aliphatic rings. The Morgan fingerprint density at radius 3 is 1.95 bits per heavy atom. The third-order valence-corrected chi connectivity index (χ3v) is 4.02. The van der Waals surface area contributed by atoms with Crippen LogP contribution in [0, 0.1) is 13.8 Å². The van der Waals surface area contributed by atoms with E-state index in [2.05, 4.69) is 75.0 Å². The molecule has 0 radical (unpaired) electrons. The minimum absolute atomic E-state index is 0.700. The molecule has 0 saturated carbocycles. The first-order valence-corrected chi connectivity index (χ1v) is 7.68. The topological polar surface area (TPSA) is 3.88 Å². The minimum Gasteiger partial charge on any atom is -0.201 e. The van der Waals surface area contributed by atoms with E-state index in [1.165, 1.54) is 35.1 Å². The van der Waals surface area contributed by atoms with Crippen LogP contribution < -0.4 is 4.57 Å². The molecule has 0 unspecified atom stereocenters. The zero-order valence-corrected chi connectivity index (χ0v) is 13.2. The van der Waals surface area contributed by atoms with Crippen LogP contribution in [-0.2, 0) is 6.54 Å². The highest BCUT2D eigenvalue weighted by molar-refractivity contribution is 5.28. The second-order valence-corrected chi connectivity index (χ2v) is 5.81. The van der Waals surface area contributed by atoms with Gasteiger partial charge in [-0.3, -0.25) is 0 Å². The molecular weight excluding hydrogens is 242 g/mol. The van der Waals surface area contributed by atoms with Gasteiger partial charge in [0.15, 0.2) is 18.9 Å². The van der Waals surface area contributed by atoms with Crippen molar-refractivity contribution in [3.63, 3.8) is 0 Å². The summed E-state index contributed by atoms with van der Waals surface area (Å²) in [5, 5.41) is 0. The van der Waals surface area contributed by atoms with Gasteiger partial charge in [0.1, 0.15) is 0 Å². The Bertz CT molecular complexity index is 530. The Labute approximate surface area is 123 Å². The van der Waals surface area contributed by atoms with Gasteiger partial charge in [-0.2, -0.15) is 0 Å². The molecule has 0 N–H and O–H groups in total. The summed E-state index contributed by atoms with van der Waals surface area (Å²) in [6, 6.07) is 11.3. The molecule has 20 heavy (non-hydrogen) atoms. The van der Waals surface area contributed by atoms with Gasteiger partial charge in [-0.25, -0.2) is 4.57 Å². The maximum Gasteiger partial charge on any atom is 0.173 e. The SMILES string of the molecule is CCC(CC)c1cc[n+](Cc2cc(C)cc(C)c2)cc1. The number of rotatable bonds is 5. The van der Waals surface area contributed by atoms with Crippen molar-refractivity contribution in [2.75, 3.05) is 0 Å². The zero-order valence-electron chi connectivity index (χ0n) is 13.2. The van der Waals surface area contributed by atoms with Crippen LogP contribution in [0.15, 0.2) is 42.7 Å². The fourth-order valence-corrected chi connectivity index (χ4v) is 2.98. The highest BCUT2D eigenvalue weighted by Crippen LogP contribution is 2.21. The van der Waals surface area contributed by atoms with E-state index in [9.17, 15) is 0 Å². The highest BCUT2D eigenvalue weighted by atomic mass is 14.9. The van der Waals surface area contributed by atoms with E-state index in [1.807, 2.05) is 0 Å². The van der Waals surface area contributed by atoms with Gasteiger partial charge >= 0.3 is 0 Å². The summed E-state index contributed by atoms with van der Waals surface area (Å²) in [6.07, 6.45) is 6.87. The summed E-state index contributed by atoms with van der Waals surface area (Å²) in [7, 11) is 0. The molecule has 0 bridgehead atoms. The second kappa shape index (κ2) is 6.69. The average Bonchev–Trinajstić information content (AvgIpc) is 2.41. The van der Waals surface area contributed by atoms with Gasteiger partial charge in [0, 0.05) is 17.7 Å². The maximum atomic E-state index is 2.28. The quantitative estimate of drug-likeness (QED) is 0.701. The van der Waals surface area contributed by atoms with Crippen LogP contribution in [0.5, 0.6) is 0 Å². The first-order chi connectivity index (χ1) is 9.62. The van der Waals surface area contributed by atoms with Crippen molar-refractivity contribution in [1.82, 2.24) is 0 Å². The molecule has 0 aliphatic carbocycles. The second-order valence-electron chi connectivity index (χ2n) is 5.81. The monoisotopic (exact) mass is 268 g/mol. The summed E-state index contributed by atoms with van der Waals surface area (Å²) in [4.78, 5) is 0. The van der Waals surface area contributed by atoms with Gasteiger partial charge in [0.2, 0.25) is 0 Å². The van der Waals surface area contributed by atoms with E-state index in [0.717, 1.165) is 6.54 Å². The van der Waals surface area contributed by atoms with E-state index >= 15 is 0 Å². The molecule has 1 aromatic carbocycles. The lowest BCUT2D eigenvalue weighted by atomic mass is 9.95. The van der Waals surface area contributed by atoms with E-state index in [-0.39, 0.29) is 0 Å². The first-order valence-electron chi connectivity index (χ1n) is 7.68. The molecular formula is C19H26N+. The molecule has 0 amide bonds. The smallest absolute Gasteiger partial charge is 0.173 e. The van der Waals surface area contributed by atoms with Crippen LogP contribution in [0.4, 0.5) is 0 Å². The molecule has 1 aromatic heterocycles. The van der Waals surface area contributed by atoms with E-state index < -0.39 is 0 Å². The maximum absolute atomic E-state index is 2.28. The Kier molecular flexibility index (Phi) is 4.94. The summed E-state index contributed by atoms with van der Waals surface area (Å²) in [6.45, 7) is 9.82. The summed E-state index contributed by atoms with van der Waals surface area (Å²) < 4.78 is 2.26. The van der Waals surface area contributed by atoms with Crippen LogP contribution in [0.2, 0.25) is 0 Å². The lowest BCUT2D eigenvalue weighted by Crippen LogP contribution is -2.33. The predicted octanol–water partition coefficient (Wildman–Crippen LogP) is 4.54. The molecule has 0 aliphatic heterocycles. The lowest BCUT2D eigenvalue weighted by Gasteiger charge is -2.11. The number of nitrogens with zero attached hydrogens (tertiary/aromatic N) is 1. The molecule has 2 rings (SSSR count). The van der Waals surface area contributed by atoms with E-state index in [1.54, 1.807) is 0 Å². The van der Waals surface area contributed by atoms with Gasteiger partial charge in [-0.1, -0.05) is 31.0 Å². The number of hydrogen-bond donors (Lipinski definition) is 0. The molecule has 2 aromatic rings. The number of pyridine rings is 1. The van der Waals surface area contributed by atoms with Crippen molar-refractivity contribution in [1.29, 1.82) is 0 Å². The first kappa shape index (κ1) is 14.8. The lowest BCUT2D eigenvalue weighted by molar-refractivity contribution is -0.688. The molecule has 0 fully saturated rings. The third kappa shape index (κ3) is 3.69. The van der Waals surface area contributed by atoms with Crippen LogP contribution in [0.3, 0.4) is 0 Å². The highest BCUT2D eigenvalue weighted by Gasteiger charge is 2.09. The van der Waals surface area contributed by atoms with Crippen molar-refractivity contribution in [3.8, 4) is 0 Å². The normalized spacial score (nSPS) is 11.1. The number of aryl methyl sites for hydroxylation is 2. The standard InChI is InChI=1S/C19H26N/c1-5-18(6-2)19-7-9-20(10-8-19)14-17-12-15(3)11-16(4)13-17/h7-13,18H,5-6,14H2,1-4H3/q+1. The molecule has 106 valence electrons. The molecule has 1 heteroatoms. The number of aromatic nitrogens is 1. The summed E-state index contributed by atoms with van der Waals surface area (Å²) in [5.74, 6) is 0.700. The van der Waals surface area contributed by atoms with Crippen LogP contribution in [0.1, 0.15) is 54.9 Å². The van der Waals surface area contributed by atoms with Gasteiger partial charge in [0.05, 0.1) is 0 Å². The van der Waals surface area contributed by atoms with Crippen molar-refractivity contribution >= 4 is 0 Å². The largest absolute Gasteiger partial charge is 0.201 e. The molecule has 0 atom stereocenters. The van der Waals surface area contributed by atoms with Crippen molar-refractivity contribution in [2.24, 2.45) is 0 Å². The third-order valence-electron chi connectivity index (χ3n) is 4.02. The van der Waals surface area contributed by atoms with Crippen LogP contribution in [0.25, 0.3) is 0 Å². The summed E-state index contributed by atoms with van der Waals surface area (Å²) >= 11 is 0. The van der Waals surface area contributed by atoms with E-state index in [4.69, 9.17) is 0 Å². The molecule has 0 saturated heterocycles. The molecule has 1 nitrogen and oxygen atoms in total.